The molecule has 0 aliphatic heterocycles. The summed E-state index contributed by atoms with van der Waals surface area (Å²) in [6, 6.07) is 0. The molecule has 0 fully saturated rings. The van der Waals surface area contributed by atoms with E-state index in [0.29, 0.717) is 0 Å². The molecule has 6 heteroatoms. The zero-order chi connectivity index (χ0) is 12.8. The highest BCUT2D eigenvalue weighted by Crippen LogP contribution is 2.53. The number of carboxylic acid groups (broad SMARTS) is 1. The number of rotatable bonds is 7. The van der Waals surface area contributed by atoms with Gasteiger partial charge in [-0.15, -0.1) is 0 Å². The second-order valence-corrected chi connectivity index (χ2v) is 5.68. The average Bonchev–Trinajstić information content (AvgIpc) is 2.18. The third-order valence-electron chi connectivity index (χ3n) is 1.95. The Hall–Kier alpha value is -0.640. The van der Waals surface area contributed by atoms with Crippen LogP contribution in [0.2, 0.25) is 0 Å². The number of carbonyl (C=O) groups is 1. The highest BCUT2D eigenvalue weighted by molar-refractivity contribution is 7.54. The molecule has 0 aromatic rings. The van der Waals surface area contributed by atoms with Crippen molar-refractivity contribution in [2.24, 2.45) is 0 Å². The first kappa shape index (κ1) is 15.4. The Morgan fingerprint density at radius 2 is 1.81 bits per heavy atom. The van der Waals surface area contributed by atoms with E-state index >= 15 is 0 Å². The summed E-state index contributed by atoms with van der Waals surface area (Å²) in [4.78, 5) is 10.6. The van der Waals surface area contributed by atoms with Gasteiger partial charge in [0.05, 0.1) is 18.9 Å². The highest BCUT2D eigenvalue weighted by atomic mass is 31.2. The molecule has 94 valence electrons. The molecular weight excluding hydrogens is 231 g/mol. The van der Waals surface area contributed by atoms with Crippen LogP contribution in [-0.4, -0.2) is 29.9 Å². The summed E-state index contributed by atoms with van der Waals surface area (Å²) in [5.41, 5.74) is -0.435. The van der Waals surface area contributed by atoms with Gasteiger partial charge in [0, 0.05) is 5.57 Å². The van der Waals surface area contributed by atoms with Crippen LogP contribution in [0.4, 0.5) is 0 Å². The van der Waals surface area contributed by atoms with Gasteiger partial charge in [0.25, 0.3) is 0 Å². The molecule has 0 saturated carbocycles. The van der Waals surface area contributed by atoms with Gasteiger partial charge in [0.2, 0.25) is 0 Å². The van der Waals surface area contributed by atoms with Crippen LogP contribution in [-0.2, 0) is 18.4 Å². The van der Waals surface area contributed by atoms with Crippen molar-refractivity contribution in [1.82, 2.24) is 0 Å². The third kappa shape index (κ3) is 4.47. The first-order chi connectivity index (χ1) is 7.37. The SMILES string of the molecule is CCOP(=O)(OCC)C(C)/C=C(\C)C(=O)O. The van der Waals surface area contributed by atoms with E-state index in [-0.39, 0.29) is 18.8 Å². The normalized spacial score (nSPS) is 14.9. The quantitative estimate of drug-likeness (QED) is 0.555. The van der Waals surface area contributed by atoms with E-state index in [2.05, 4.69) is 0 Å². The van der Waals surface area contributed by atoms with Crippen LogP contribution >= 0.6 is 7.60 Å². The fourth-order valence-electron chi connectivity index (χ4n) is 1.16. The zero-order valence-corrected chi connectivity index (χ0v) is 11.0. The van der Waals surface area contributed by atoms with E-state index in [9.17, 15) is 9.36 Å². The summed E-state index contributed by atoms with van der Waals surface area (Å²) < 4.78 is 22.4. The number of aliphatic carboxylic acids is 1. The summed E-state index contributed by atoms with van der Waals surface area (Å²) >= 11 is 0. The second kappa shape index (κ2) is 6.84. The van der Waals surface area contributed by atoms with Crippen molar-refractivity contribution < 1.29 is 23.5 Å². The minimum Gasteiger partial charge on any atom is -0.478 e. The van der Waals surface area contributed by atoms with Crippen molar-refractivity contribution in [2.45, 2.75) is 33.4 Å². The molecule has 0 spiro atoms. The molecule has 0 aromatic heterocycles. The van der Waals surface area contributed by atoms with Crippen LogP contribution in [0.5, 0.6) is 0 Å². The van der Waals surface area contributed by atoms with Crippen molar-refractivity contribution >= 4 is 13.6 Å². The molecule has 0 aliphatic rings. The minimum absolute atomic E-state index is 0.132. The molecule has 0 heterocycles. The summed E-state index contributed by atoms with van der Waals surface area (Å²) in [5.74, 6) is -1.04. The lowest BCUT2D eigenvalue weighted by molar-refractivity contribution is -0.132. The van der Waals surface area contributed by atoms with Gasteiger partial charge in [-0.05, 0) is 27.7 Å². The maximum absolute atomic E-state index is 12.2. The molecule has 5 nitrogen and oxygen atoms in total. The molecule has 0 aromatic carbocycles. The van der Waals surface area contributed by atoms with Crippen molar-refractivity contribution in [3.63, 3.8) is 0 Å². The topological polar surface area (TPSA) is 72.8 Å². The number of carboxylic acids is 1. The monoisotopic (exact) mass is 250 g/mol. The summed E-state index contributed by atoms with van der Waals surface area (Å²) in [5, 5.41) is 8.72. The molecule has 0 amide bonds. The van der Waals surface area contributed by atoms with Crippen molar-refractivity contribution in [3.8, 4) is 0 Å². The van der Waals surface area contributed by atoms with Gasteiger partial charge in [0.1, 0.15) is 0 Å². The van der Waals surface area contributed by atoms with Gasteiger partial charge in [0.15, 0.2) is 0 Å². The van der Waals surface area contributed by atoms with Crippen LogP contribution in [0.1, 0.15) is 27.7 Å². The third-order valence-corrected chi connectivity index (χ3v) is 4.33. The van der Waals surface area contributed by atoms with E-state index in [1.807, 2.05) is 0 Å². The van der Waals surface area contributed by atoms with Crippen LogP contribution in [0, 0.1) is 0 Å². The number of hydrogen-bond acceptors (Lipinski definition) is 4. The van der Waals surface area contributed by atoms with Crippen LogP contribution < -0.4 is 0 Å². The molecule has 1 unspecified atom stereocenters. The van der Waals surface area contributed by atoms with Crippen LogP contribution in [0.3, 0.4) is 0 Å². The Labute approximate surface area is 96.0 Å². The lowest BCUT2D eigenvalue weighted by Crippen LogP contribution is -2.09. The van der Waals surface area contributed by atoms with E-state index in [0.717, 1.165) is 0 Å². The Balaban J connectivity index is 4.88. The lowest BCUT2D eigenvalue weighted by atomic mass is 10.2. The largest absolute Gasteiger partial charge is 0.478 e. The first-order valence-corrected chi connectivity index (χ1v) is 6.79. The van der Waals surface area contributed by atoms with Gasteiger partial charge >= 0.3 is 13.6 Å². The van der Waals surface area contributed by atoms with E-state index in [1.54, 1.807) is 20.8 Å². The highest BCUT2D eigenvalue weighted by Gasteiger charge is 2.30. The molecule has 0 radical (unpaired) electrons. The molecule has 0 rings (SSSR count). The molecule has 1 atom stereocenters. The summed E-state index contributed by atoms with van der Waals surface area (Å²) in [6.07, 6.45) is 1.40. The standard InChI is InChI=1S/C10H19O5P/c1-5-14-16(13,15-6-2)9(4)7-8(3)10(11)12/h7,9H,5-6H2,1-4H3,(H,11,12)/b8-7+. The Morgan fingerprint density at radius 1 is 1.38 bits per heavy atom. The van der Waals surface area contributed by atoms with Gasteiger partial charge in [-0.25, -0.2) is 4.79 Å². The van der Waals surface area contributed by atoms with Crippen molar-refractivity contribution in [1.29, 1.82) is 0 Å². The van der Waals surface area contributed by atoms with Crippen molar-refractivity contribution in [2.75, 3.05) is 13.2 Å². The Bertz CT molecular complexity index is 300. The van der Waals surface area contributed by atoms with E-state index in [4.69, 9.17) is 14.2 Å². The van der Waals surface area contributed by atoms with Gasteiger partial charge < -0.3 is 14.2 Å². The average molecular weight is 250 g/mol. The Kier molecular flexibility index (Phi) is 6.56. The zero-order valence-electron chi connectivity index (χ0n) is 10.1. The predicted molar refractivity (Wildman–Crippen MR) is 61.7 cm³/mol. The fraction of sp³-hybridized carbons (Fsp3) is 0.700. The van der Waals surface area contributed by atoms with Crippen LogP contribution in [0.25, 0.3) is 0 Å². The second-order valence-electron chi connectivity index (χ2n) is 3.27. The molecule has 0 bridgehead atoms. The molecular formula is C10H19O5P. The smallest absolute Gasteiger partial charge is 0.337 e. The van der Waals surface area contributed by atoms with E-state index < -0.39 is 19.2 Å². The number of hydrogen-bond donors (Lipinski definition) is 1. The number of allylic oxidation sites excluding steroid dienone is 1. The first-order valence-electron chi connectivity index (χ1n) is 5.17. The molecule has 16 heavy (non-hydrogen) atoms. The van der Waals surface area contributed by atoms with E-state index in [1.165, 1.54) is 13.0 Å². The van der Waals surface area contributed by atoms with Crippen molar-refractivity contribution in [3.05, 3.63) is 11.6 Å². The fourth-order valence-corrected chi connectivity index (χ4v) is 2.83. The minimum atomic E-state index is -3.24. The molecule has 0 aliphatic carbocycles. The maximum Gasteiger partial charge on any atom is 0.337 e. The maximum atomic E-state index is 12.2. The molecule has 0 saturated heterocycles. The lowest BCUT2D eigenvalue weighted by Gasteiger charge is -2.21. The van der Waals surface area contributed by atoms with Gasteiger partial charge in [-0.3, -0.25) is 4.57 Å². The van der Waals surface area contributed by atoms with Gasteiger partial charge in [-0.1, -0.05) is 6.08 Å². The molecule has 1 N–H and O–H groups in total. The van der Waals surface area contributed by atoms with Gasteiger partial charge in [-0.2, -0.15) is 0 Å². The van der Waals surface area contributed by atoms with Crippen LogP contribution in [0.15, 0.2) is 11.6 Å². The summed E-state index contributed by atoms with van der Waals surface area (Å²) in [7, 11) is -3.24. The summed E-state index contributed by atoms with van der Waals surface area (Å²) in [6.45, 7) is 7.03. The Morgan fingerprint density at radius 3 is 2.12 bits per heavy atom. The predicted octanol–water partition coefficient (Wildman–Crippen LogP) is 2.67.